The minimum absolute atomic E-state index is 0.108. The van der Waals surface area contributed by atoms with E-state index in [9.17, 15) is 18.0 Å². The topological polar surface area (TPSA) is 92.3 Å². The summed E-state index contributed by atoms with van der Waals surface area (Å²) in [4.78, 5) is 25.9. The molecule has 1 aromatic heterocycles. The first-order valence-electron chi connectivity index (χ1n) is 8.45. The highest BCUT2D eigenvalue weighted by Crippen LogP contribution is 2.34. The van der Waals surface area contributed by atoms with Crippen LogP contribution in [0.4, 0.5) is 5.69 Å². The Labute approximate surface area is 166 Å². The highest BCUT2D eigenvalue weighted by Gasteiger charge is 2.23. The lowest BCUT2D eigenvalue weighted by atomic mass is 10.2. The number of amides is 2. The molecule has 0 spiro atoms. The Balaban J connectivity index is 1.64. The summed E-state index contributed by atoms with van der Waals surface area (Å²) in [5.41, 5.74) is 0.512. The summed E-state index contributed by atoms with van der Waals surface area (Å²) >= 11 is 3.05. The van der Waals surface area contributed by atoms with Crippen molar-refractivity contribution in [2.24, 2.45) is 5.92 Å². The van der Waals surface area contributed by atoms with Gasteiger partial charge in [-0.2, -0.15) is 0 Å². The fourth-order valence-electron chi connectivity index (χ4n) is 2.50. The SMILES string of the molecule is C[C@H]1CSc2ccc(S(=O)(=O)CCC(=O)NCc3cccs3)cc2NC1=O. The Morgan fingerprint density at radius 2 is 2.15 bits per heavy atom. The zero-order valence-corrected chi connectivity index (χ0v) is 17.2. The minimum atomic E-state index is -3.62. The van der Waals surface area contributed by atoms with Crippen LogP contribution in [0.2, 0.25) is 0 Å². The molecule has 1 aliphatic heterocycles. The second-order valence-electron chi connectivity index (χ2n) is 6.28. The average molecular weight is 425 g/mol. The number of carbonyl (C=O) groups is 2. The summed E-state index contributed by atoms with van der Waals surface area (Å²) in [5.74, 6) is -0.202. The Kier molecular flexibility index (Phi) is 6.23. The van der Waals surface area contributed by atoms with Crippen molar-refractivity contribution in [1.82, 2.24) is 5.32 Å². The van der Waals surface area contributed by atoms with Crippen LogP contribution in [0.3, 0.4) is 0 Å². The second-order valence-corrected chi connectivity index (χ2v) is 10.5. The van der Waals surface area contributed by atoms with Crippen molar-refractivity contribution < 1.29 is 18.0 Å². The lowest BCUT2D eigenvalue weighted by Crippen LogP contribution is -2.25. The number of thiophene rings is 1. The molecule has 0 fully saturated rings. The first-order valence-corrected chi connectivity index (χ1v) is 12.0. The van der Waals surface area contributed by atoms with E-state index in [1.54, 1.807) is 6.07 Å². The predicted octanol–water partition coefficient (Wildman–Crippen LogP) is 2.91. The average Bonchev–Trinajstić information content (AvgIpc) is 3.12. The molecule has 2 heterocycles. The molecule has 144 valence electrons. The molecule has 0 aliphatic carbocycles. The highest BCUT2D eigenvalue weighted by atomic mass is 32.2. The van der Waals surface area contributed by atoms with E-state index in [0.29, 0.717) is 18.0 Å². The number of sulfone groups is 1. The highest BCUT2D eigenvalue weighted by molar-refractivity contribution is 7.99. The van der Waals surface area contributed by atoms with Crippen molar-refractivity contribution in [2.45, 2.75) is 29.7 Å². The fourth-order valence-corrected chi connectivity index (χ4v) is 5.42. The number of nitrogens with one attached hydrogen (secondary N) is 2. The van der Waals surface area contributed by atoms with Crippen LogP contribution in [0.5, 0.6) is 0 Å². The van der Waals surface area contributed by atoms with Gasteiger partial charge in [-0.05, 0) is 29.6 Å². The van der Waals surface area contributed by atoms with Gasteiger partial charge in [-0.3, -0.25) is 9.59 Å². The first-order chi connectivity index (χ1) is 12.8. The standard InChI is InChI=1S/C18H20N2O4S3/c1-12-11-26-16-5-4-14(9-15(16)20-18(12)22)27(23,24)8-6-17(21)19-10-13-3-2-7-25-13/h2-5,7,9,12H,6,8,10-11H2,1H3,(H,19,21)(H,20,22)/t12-/m0/s1. The maximum atomic E-state index is 12.6. The van der Waals surface area contributed by atoms with Crippen LogP contribution in [-0.2, 0) is 26.0 Å². The summed E-state index contributed by atoms with van der Waals surface area (Å²) in [6.45, 7) is 2.23. The van der Waals surface area contributed by atoms with E-state index in [4.69, 9.17) is 0 Å². The second kappa shape index (κ2) is 8.45. The van der Waals surface area contributed by atoms with Gasteiger partial charge in [0.1, 0.15) is 0 Å². The predicted molar refractivity (Wildman–Crippen MR) is 108 cm³/mol. The number of rotatable bonds is 6. The quantitative estimate of drug-likeness (QED) is 0.744. The van der Waals surface area contributed by atoms with Crippen LogP contribution in [0.25, 0.3) is 0 Å². The van der Waals surface area contributed by atoms with Crippen molar-refractivity contribution in [2.75, 3.05) is 16.8 Å². The van der Waals surface area contributed by atoms with Crippen LogP contribution in [0.1, 0.15) is 18.2 Å². The van der Waals surface area contributed by atoms with Crippen molar-refractivity contribution in [1.29, 1.82) is 0 Å². The number of thioether (sulfide) groups is 1. The molecule has 9 heteroatoms. The minimum Gasteiger partial charge on any atom is -0.351 e. The van der Waals surface area contributed by atoms with Crippen LogP contribution in [0.15, 0.2) is 45.5 Å². The summed E-state index contributed by atoms with van der Waals surface area (Å²) in [6, 6.07) is 8.53. The first kappa shape index (κ1) is 19.9. The van der Waals surface area contributed by atoms with E-state index in [2.05, 4.69) is 10.6 Å². The fraction of sp³-hybridized carbons (Fsp3) is 0.333. The molecule has 0 bridgehead atoms. The largest absolute Gasteiger partial charge is 0.351 e. The third kappa shape index (κ3) is 5.12. The molecule has 2 amide bonds. The number of benzene rings is 1. The van der Waals surface area contributed by atoms with E-state index in [1.165, 1.54) is 35.2 Å². The molecule has 0 radical (unpaired) electrons. The van der Waals surface area contributed by atoms with Crippen molar-refractivity contribution in [3.63, 3.8) is 0 Å². The van der Waals surface area contributed by atoms with Gasteiger partial charge in [-0.1, -0.05) is 13.0 Å². The van der Waals surface area contributed by atoms with Crippen LogP contribution < -0.4 is 10.6 Å². The van der Waals surface area contributed by atoms with Gasteiger partial charge in [0.25, 0.3) is 0 Å². The van der Waals surface area contributed by atoms with Crippen molar-refractivity contribution in [3.8, 4) is 0 Å². The molecule has 0 saturated carbocycles. The Bertz CT molecular complexity index is 940. The number of hydrogen-bond acceptors (Lipinski definition) is 6. The van der Waals surface area contributed by atoms with E-state index >= 15 is 0 Å². The van der Waals surface area contributed by atoms with Crippen LogP contribution in [-0.4, -0.2) is 31.7 Å². The summed E-state index contributed by atoms with van der Waals surface area (Å²) < 4.78 is 25.2. The molecule has 0 saturated heterocycles. The summed E-state index contributed by atoms with van der Waals surface area (Å²) in [6.07, 6.45) is -0.108. The Morgan fingerprint density at radius 1 is 1.33 bits per heavy atom. The van der Waals surface area contributed by atoms with Gasteiger partial charge in [0.2, 0.25) is 11.8 Å². The maximum absolute atomic E-state index is 12.6. The van der Waals surface area contributed by atoms with E-state index in [1.807, 2.05) is 24.4 Å². The van der Waals surface area contributed by atoms with Crippen LogP contribution >= 0.6 is 23.1 Å². The molecule has 0 unspecified atom stereocenters. The number of hydrogen-bond donors (Lipinski definition) is 2. The maximum Gasteiger partial charge on any atom is 0.228 e. The van der Waals surface area contributed by atoms with Gasteiger partial charge >= 0.3 is 0 Å². The Hall–Kier alpha value is -1.84. The summed E-state index contributed by atoms with van der Waals surface area (Å²) in [5, 5.41) is 7.43. The van der Waals surface area contributed by atoms with Crippen molar-refractivity contribution >= 4 is 50.4 Å². The van der Waals surface area contributed by atoms with E-state index in [0.717, 1.165) is 9.77 Å². The monoisotopic (exact) mass is 424 g/mol. The van der Waals surface area contributed by atoms with Gasteiger partial charge in [0.15, 0.2) is 9.84 Å². The molecule has 6 nitrogen and oxygen atoms in total. The lowest BCUT2D eigenvalue weighted by Gasteiger charge is -2.10. The zero-order chi connectivity index (χ0) is 19.4. The van der Waals surface area contributed by atoms with Crippen molar-refractivity contribution in [3.05, 3.63) is 40.6 Å². The molecule has 1 atom stereocenters. The molecular formula is C18H20N2O4S3. The van der Waals surface area contributed by atoms with Gasteiger partial charge in [-0.25, -0.2) is 8.42 Å². The van der Waals surface area contributed by atoms with Gasteiger partial charge < -0.3 is 10.6 Å². The number of fused-ring (bicyclic) bond motifs is 1. The lowest BCUT2D eigenvalue weighted by molar-refractivity contribution is -0.121. The normalized spacial score (nSPS) is 16.9. The molecule has 3 rings (SSSR count). The van der Waals surface area contributed by atoms with E-state index in [-0.39, 0.29) is 34.8 Å². The van der Waals surface area contributed by atoms with Gasteiger partial charge in [0, 0.05) is 27.9 Å². The molecule has 1 aliphatic rings. The third-order valence-electron chi connectivity index (χ3n) is 4.14. The van der Waals surface area contributed by atoms with Crippen LogP contribution in [0, 0.1) is 5.92 Å². The molecular weight excluding hydrogens is 404 g/mol. The third-order valence-corrected chi connectivity index (χ3v) is 8.07. The molecule has 27 heavy (non-hydrogen) atoms. The zero-order valence-electron chi connectivity index (χ0n) is 14.7. The number of anilines is 1. The molecule has 1 aromatic carbocycles. The smallest absolute Gasteiger partial charge is 0.228 e. The molecule has 2 aromatic rings. The number of carbonyl (C=O) groups excluding carboxylic acids is 2. The van der Waals surface area contributed by atoms with Gasteiger partial charge in [0.05, 0.1) is 22.9 Å². The Morgan fingerprint density at radius 3 is 2.89 bits per heavy atom. The van der Waals surface area contributed by atoms with Gasteiger partial charge in [-0.15, -0.1) is 23.1 Å². The molecule has 2 N–H and O–H groups in total. The van der Waals surface area contributed by atoms with E-state index < -0.39 is 9.84 Å². The summed E-state index contributed by atoms with van der Waals surface area (Å²) in [7, 11) is -3.62.